The highest BCUT2D eigenvalue weighted by atomic mass is 79.9. The summed E-state index contributed by atoms with van der Waals surface area (Å²) in [5, 5.41) is 5.38. The van der Waals surface area contributed by atoms with Crippen molar-refractivity contribution >= 4 is 15.9 Å². The lowest BCUT2D eigenvalue weighted by Gasteiger charge is -2.06. The molecule has 2 rings (SSSR count). The molecule has 0 amide bonds. The lowest BCUT2D eigenvalue weighted by Crippen LogP contribution is -1.98. The summed E-state index contributed by atoms with van der Waals surface area (Å²) in [7, 11) is 0. The first-order chi connectivity index (χ1) is 7.61. The van der Waals surface area contributed by atoms with Crippen LogP contribution in [0.4, 0.5) is 0 Å². The van der Waals surface area contributed by atoms with Crippen molar-refractivity contribution in [1.82, 2.24) is 9.78 Å². The van der Waals surface area contributed by atoms with E-state index in [9.17, 15) is 0 Å². The highest BCUT2D eigenvalue weighted by Gasteiger charge is 2.06. The Morgan fingerprint density at radius 3 is 2.56 bits per heavy atom. The van der Waals surface area contributed by atoms with Crippen molar-refractivity contribution in [1.29, 1.82) is 0 Å². The number of nitrogens with zero attached hydrogens (tertiary/aromatic N) is 2. The van der Waals surface area contributed by atoms with Crippen LogP contribution in [0.15, 0.2) is 24.4 Å². The summed E-state index contributed by atoms with van der Waals surface area (Å²) in [4.78, 5) is 0. The van der Waals surface area contributed by atoms with Gasteiger partial charge in [0.05, 0.1) is 11.4 Å². The Morgan fingerprint density at radius 2 is 2.00 bits per heavy atom. The molecule has 0 atom stereocenters. The normalized spacial score (nSPS) is 10.8. The van der Waals surface area contributed by atoms with Gasteiger partial charge in [0.2, 0.25) is 0 Å². The van der Waals surface area contributed by atoms with E-state index in [0.717, 1.165) is 16.7 Å². The van der Waals surface area contributed by atoms with Crippen molar-refractivity contribution in [3.63, 3.8) is 0 Å². The zero-order valence-corrected chi connectivity index (χ0v) is 11.4. The Bertz CT molecular complexity index is 515. The molecule has 1 heterocycles. The molecule has 0 spiro atoms. The summed E-state index contributed by atoms with van der Waals surface area (Å²) in [6.07, 6.45) is 2.09. The third-order valence-electron chi connectivity index (χ3n) is 2.74. The predicted octanol–water partition coefficient (Wildman–Crippen LogP) is 3.69. The van der Waals surface area contributed by atoms with Crippen molar-refractivity contribution < 1.29 is 0 Å². The van der Waals surface area contributed by atoms with Gasteiger partial charge in [-0.2, -0.15) is 5.10 Å². The average molecular weight is 279 g/mol. The van der Waals surface area contributed by atoms with E-state index in [1.54, 1.807) is 0 Å². The summed E-state index contributed by atoms with van der Waals surface area (Å²) >= 11 is 3.47. The van der Waals surface area contributed by atoms with Crippen molar-refractivity contribution in [2.24, 2.45) is 0 Å². The molecule has 2 nitrogen and oxygen atoms in total. The van der Waals surface area contributed by atoms with Crippen LogP contribution in [0.2, 0.25) is 0 Å². The van der Waals surface area contributed by atoms with E-state index in [4.69, 9.17) is 0 Å². The van der Waals surface area contributed by atoms with Gasteiger partial charge in [0.25, 0.3) is 0 Å². The largest absolute Gasteiger partial charge is 0.240 e. The van der Waals surface area contributed by atoms with E-state index < -0.39 is 0 Å². The zero-order chi connectivity index (χ0) is 11.7. The van der Waals surface area contributed by atoms with E-state index in [1.165, 1.54) is 16.7 Å². The van der Waals surface area contributed by atoms with Crippen LogP contribution in [0.3, 0.4) is 0 Å². The van der Waals surface area contributed by atoms with Crippen molar-refractivity contribution in [3.8, 4) is 5.69 Å². The van der Waals surface area contributed by atoms with Crippen LogP contribution < -0.4 is 0 Å². The Balaban J connectivity index is 2.50. The number of hydrogen-bond acceptors (Lipinski definition) is 1. The van der Waals surface area contributed by atoms with Crippen molar-refractivity contribution in [3.05, 3.63) is 46.8 Å². The Hall–Kier alpha value is -1.09. The van der Waals surface area contributed by atoms with Crippen LogP contribution >= 0.6 is 15.9 Å². The molecule has 0 saturated heterocycles. The van der Waals surface area contributed by atoms with Crippen LogP contribution in [0.5, 0.6) is 0 Å². The third kappa shape index (κ3) is 2.05. The number of aryl methyl sites for hydroxylation is 3. The molecule has 0 aliphatic rings. The molecule has 1 aromatic carbocycles. The minimum Gasteiger partial charge on any atom is -0.240 e. The lowest BCUT2D eigenvalue weighted by molar-refractivity contribution is 0.855. The molecule has 3 heteroatoms. The molecule has 0 N–H and O–H groups in total. The zero-order valence-electron chi connectivity index (χ0n) is 9.79. The molecule has 0 aliphatic carbocycles. The Kier molecular flexibility index (Phi) is 3.15. The van der Waals surface area contributed by atoms with E-state index in [1.807, 2.05) is 11.6 Å². The third-order valence-corrected chi connectivity index (χ3v) is 3.35. The summed E-state index contributed by atoms with van der Waals surface area (Å²) < 4.78 is 1.96. The van der Waals surface area contributed by atoms with Crippen molar-refractivity contribution in [2.75, 3.05) is 0 Å². The molecule has 0 aliphatic heterocycles. The molecule has 0 fully saturated rings. The second-order valence-corrected chi connectivity index (χ2v) is 4.67. The maximum absolute atomic E-state index is 4.53. The summed E-state index contributed by atoms with van der Waals surface area (Å²) in [5.74, 6) is 0. The topological polar surface area (TPSA) is 17.8 Å². The minimum atomic E-state index is 0.851. The van der Waals surface area contributed by atoms with E-state index in [-0.39, 0.29) is 0 Å². The number of rotatable bonds is 2. The second-order valence-electron chi connectivity index (χ2n) is 4.11. The average Bonchev–Trinajstić information content (AvgIpc) is 2.59. The molecule has 2 aromatic rings. The van der Waals surface area contributed by atoms with Crippen molar-refractivity contribution in [2.45, 2.75) is 26.1 Å². The number of aromatic nitrogens is 2. The fourth-order valence-corrected chi connectivity index (χ4v) is 2.36. The molecular formula is C13H15BrN2. The first kappa shape index (κ1) is 11.4. The van der Waals surface area contributed by atoms with Gasteiger partial charge in [-0.05, 0) is 32.4 Å². The van der Waals surface area contributed by atoms with Gasteiger partial charge >= 0.3 is 0 Å². The Labute approximate surface area is 104 Å². The highest BCUT2D eigenvalue weighted by Crippen LogP contribution is 2.18. The molecule has 0 radical (unpaired) electrons. The number of hydrogen-bond donors (Lipinski definition) is 0. The molecule has 0 saturated carbocycles. The quantitative estimate of drug-likeness (QED) is 0.766. The first-order valence-electron chi connectivity index (χ1n) is 5.30. The number of halogens is 1. The second kappa shape index (κ2) is 4.42. The SMILES string of the molecule is Cc1ccc(-n2cc(CBr)c(C)n2)c(C)c1. The summed E-state index contributed by atoms with van der Waals surface area (Å²) in [5.41, 5.74) is 6.01. The fourth-order valence-electron chi connectivity index (χ4n) is 1.81. The van der Waals surface area contributed by atoms with Gasteiger partial charge < -0.3 is 0 Å². The van der Waals surface area contributed by atoms with Gasteiger partial charge in [-0.3, -0.25) is 0 Å². The molecule has 0 unspecified atom stereocenters. The molecule has 16 heavy (non-hydrogen) atoms. The molecule has 0 bridgehead atoms. The van der Waals surface area contributed by atoms with Crippen LogP contribution in [0.25, 0.3) is 5.69 Å². The number of benzene rings is 1. The number of alkyl halides is 1. The van der Waals surface area contributed by atoms with Crippen LogP contribution in [-0.2, 0) is 5.33 Å². The fraction of sp³-hybridized carbons (Fsp3) is 0.308. The van der Waals surface area contributed by atoms with Crippen LogP contribution in [0.1, 0.15) is 22.4 Å². The summed E-state index contributed by atoms with van der Waals surface area (Å²) in [6.45, 7) is 6.26. The first-order valence-corrected chi connectivity index (χ1v) is 6.42. The van der Waals surface area contributed by atoms with Gasteiger partial charge in [0, 0.05) is 17.1 Å². The smallest absolute Gasteiger partial charge is 0.0675 e. The predicted molar refractivity (Wildman–Crippen MR) is 70.4 cm³/mol. The Morgan fingerprint density at radius 1 is 1.25 bits per heavy atom. The van der Waals surface area contributed by atoms with Crippen LogP contribution in [0, 0.1) is 20.8 Å². The molecule has 1 aromatic heterocycles. The highest BCUT2D eigenvalue weighted by molar-refractivity contribution is 9.08. The maximum Gasteiger partial charge on any atom is 0.0675 e. The van der Waals surface area contributed by atoms with E-state index >= 15 is 0 Å². The van der Waals surface area contributed by atoms with E-state index in [0.29, 0.717) is 0 Å². The van der Waals surface area contributed by atoms with Gasteiger partial charge in [0.1, 0.15) is 0 Å². The van der Waals surface area contributed by atoms with Gasteiger partial charge in [-0.25, -0.2) is 4.68 Å². The van der Waals surface area contributed by atoms with Crippen LogP contribution in [-0.4, -0.2) is 9.78 Å². The minimum absolute atomic E-state index is 0.851. The standard InChI is InChI=1S/C13H15BrN2/c1-9-4-5-13(10(2)6-9)16-8-12(7-14)11(3)15-16/h4-6,8H,7H2,1-3H3. The molecular weight excluding hydrogens is 264 g/mol. The lowest BCUT2D eigenvalue weighted by atomic mass is 10.1. The summed E-state index contributed by atoms with van der Waals surface area (Å²) in [6, 6.07) is 6.42. The van der Waals surface area contributed by atoms with Gasteiger partial charge in [-0.1, -0.05) is 33.6 Å². The van der Waals surface area contributed by atoms with Gasteiger partial charge in [-0.15, -0.1) is 0 Å². The maximum atomic E-state index is 4.53. The molecule has 84 valence electrons. The van der Waals surface area contributed by atoms with Gasteiger partial charge in [0.15, 0.2) is 0 Å². The van der Waals surface area contributed by atoms with E-state index in [2.05, 4.69) is 59.3 Å². The monoisotopic (exact) mass is 278 g/mol.